The normalized spacial score (nSPS) is 12.9. The Bertz CT molecular complexity index is 8520. The molecule has 1 saturated heterocycles. The fourth-order valence-electron chi connectivity index (χ4n) is 16.5. The van der Waals surface area contributed by atoms with Crippen molar-refractivity contribution in [1.29, 1.82) is 0 Å². The van der Waals surface area contributed by atoms with E-state index in [1.54, 1.807) is 48.5 Å². The largest absolute Gasteiger partial charge is 0.385 e. The molecule has 26 nitrogen and oxygen atoms in total. The number of pyridine rings is 4. The number of ketones is 4. The van der Waals surface area contributed by atoms with Crippen molar-refractivity contribution in [3.63, 3.8) is 0 Å². The van der Waals surface area contributed by atoms with E-state index in [2.05, 4.69) is 38.0 Å². The minimum absolute atomic E-state index is 0.0134. The maximum absolute atomic E-state index is 15.1. The Hall–Kier alpha value is -12.1. The molecule has 18 rings (SSSR count). The number of piperidine rings is 1. The number of hydrogen-bond acceptors (Lipinski definition) is 26. The van der Waals surface area contributed by atoms with Crippen LogP contribution in [0.1, 0.15) is 67.7 Å². The van der Waals surface area contributed by atoms with Crippen LogP contribution in [0.15, 0.2) is 279 Å². The van der Waals surface area contributed by atoms with Crippen LogP contribution in [0.2, 0.25) is 17.3 Å². The number of carbonyl (C=O) groups is 4. The summed E-state index contributed by atoms with van der Waals surface area (Å²) < 4.78 is 166. The van der Waals surface area contributed by atoms with Gasteiger partial charge in [-0.3, -0.25) is 56.6 Å². The number of likely N-dealkylation sites (N-methyl/N-ethyl adjacent to an activating group) is 1. The predicted octanol–water partition coefficient (Wildman–Crippen LogP) is 20.2. The number of carbonyl (C=O) groups excluding carboxylic acids is 4. The highest BCUT2D eigenvalue weighted by Crippen LogP contribution is 2.35. The number of thiophene rings is 4. The summed E-state index contributed by atoms with van der Waals surface area (Å²) in [6.45, 7) is 9.47. The molecule has 2 fully saturated rings. The predicted molar refractivity (Wildman–Crippen MR) is 584 cm³/mol. The lowest BCUT2D eigenvalue weighted by Crippen LogP contribution is -2.33. The number of nitrogens with one attached hydrogen (secondary N) is 4. The van der Waals surface area contributed by atoms with Crippen LogP contribution in [0, 0.1) is 29.2 Å². The van der Waals surface area contributed by atoms with Gasteiger partial charge in [-0.1, -0.05) is 84.0 Å². The Morgan fingerprint density at radius 3 is 0.885 bits per heavy atom. The molecule has 0 radical (unpaired) electrons. The Balaban J connectivity index is 0.000000148. The molecule has 8 aromatic heterocycles. The number of aromatic nitrogens is 4. The van der Waals surface area contributed by atoms with Gasteiger partial charge in [0.05, 0.1) is 40.1 Å². The number of Topliss-reactive ketones (excluding diaryl/α,β-unsaturated/α-hetero) is 4. The highest BCUT2D eigenvalue weighted by atomic mass is 35.5. The molecule has 8 aromatic carbocycles. The summed E-state index contributed by atoms with van der Waals surface area (Å²) >= 11 is 26.7. The van der Waals surface area contributed by atoms with E-state index in [0.29, 0.717) is 61.1 Å². The molecule has 1 aliphatic carbocycles. The second-order valence-corrected chi connectivity index (χ2v) is 51.5. The number of benzene rings is 8. The monoisotopic (exact) mass is 2240 g/mol. The molecule has 16 aromatic rings. The average molecular weight is 2240 g/mol. The molecule has 0 bridgehead atoms. The summed E-state index contributed by atoms with van der Waals surface area (Å²) in [7, 11) is -11.3. The smallest absolute Gasteiger partial charge is 0.263 e. The first-order valence-electron chi connectivity index (χ1n) is 46.7. The first kappa shape index (κ1) is 110. The third kappa shape index (κ3) is 28.5. The topological polar surface area (TPSA) is 347 Å². The fourth-order valence-corrected chi connectivity index (χ4v) is 27.8. The first-order valence-corrected chi connectivity index (χ1v) is 58.1. The number of nitrogens with zero attached hydrogens (tertiary/aromatic N) is 6. The van der Waals surface area contributed by atoms with E-state index in [1.807, 2.05) is 62.6 Å². The van der Waals surface area contributed by atoms with E-state index < -0.39 is 109 Å². The number of fused-ring (bicyclic) bond motifs is 4. The number of likely N-dealkylation sites (tertiary alicyclic amines) is 1. The van der Waals surface area contributed by atoms with E-state index in [9.17, 15) is 76.4 Å². The lowest BCUT2D eigenvalue weighted by atomic mass is 10.1. The molecule has 0 amide bonds. The zero-order chi connectivity index (χ0) is 106. The zero-order valence-corrected chi connectivity index (χ0v) is 89.3. The Labute approximate surface area is 885 Å². The minimum atomic E-state index is -3.82. The molecule has 4 N–H and O–H groups in total. The second-order valence-electron chi connectivity index (χ2n) is 35.8. The van der Waals surface area contributed by atoms with Crippen LogP contribution in [0.25, 0.3) is 65.8 Å². The summed E-state index contributed by atoms with van der Waals surface area (Å²) in [6, 6.07) is 56.4. The molecular formula is C106H98Cl4F4N10O16S8. The number of anilines is 4. The number of hydrogen-bond donors (Lipinski definition) is 4. The van der Waals surface area contributed by atoms with Gasteiger partial charge >= 0.3 is 0 Å². The van der Waals surface area contributed by atoms with Gasteiger partial charge in [0.25, 0.3) is 22.2 Å². The van der Waals surface area contributed by atoms with Crippen molar-refractivity contribution < 1.29 is 70.4 Å². The van der Waals surface area contributed by atoms with Crippen molar-refractivity contribution >= 4 is 220 Å². The van der Waals surface area contributed by atoms with Crippen LogP contribution in [0.4, 0.5) is 40.3 Å². The Morgan fingerprint density at radius 1 is 0.351 bits per heavy atom. The maximum atomic E-state index is 15.1. The third-order valence-electron chi connectivity index (χ3n) is 24.1. The summed E-state index contributed by atoms with van der Waals surface area (Å²) in [6.07, 6.45) is 12.3. The standard InChI is InChI=1S/C29H29ClFN3O4S2.C26H25ClFN3O4S2.C26H22ClFN2O4S2.C25H22ClFN2O4S2/c30-27-8-9-28(39-27)40(37,38)19-23(35)16-20-4-7-26(25(31)17-20)34-14-10-21-18-22(5-6-24(21)29(34)36)32-11-15-33-12-2-1-3-13-33;1-30(2)12-10-29-19-4-5-21-18(15-19)9-11-31(26(21)33)23-6-3-17(14-22(23)28)13-20(32)16-37(34,35)25-8-7-24(27)36-25;27-24-7-8-25(35-24)36(33,34)15-20(31)11-17-3-6-23(22(28)12-17)30-10-9-18-13-19(29-14-16-1-2-16)4-5-21(18)26(30)32;1-2-10-28-18-4-5-20-17(14-18)9-11-29(25(20)31)22-6-3-16(13-21(22)27)12-19(30)15-35(32,33)24-8-7-23(26)34-24/h4-10,14,17-18,32H,1-3,11-13,15-16,19H2;3-9,11,14-15,29H,10,12-13,16H2,1-2H3;3-10,12-13,16,29H,1-2,11,14-15H2;3-9,11,13-14,28H,2,10,12,15H2,1H3. The highest BCUT2D eigenvalue weighted by molar-refractivity contribution is 7.95. The van der Waals surface area contributed by atoms with Crippen molar-refractivity contribution in [1.82, 2.24) is 28.1 Å². The second kappa shape index (κ2) is 48.7. The molecule has 9 heterocycles. The van der Waals surface area contributed by atoms with E-state index in [-0.39, 0.29) is 87.5 Å². The zero-order valence-electron chi connectivity index (χ0n) is 79.7. The van der Waals surface area contributed by atoms with E-state index in [4.69, 9.17) is 46.4 Å². The van der Waals surface area contributed by atoms with Crippen molar-refractivity contribution in [2.24, 2.45) is 5.92 Å². The Kier molecular flexibility index (Phi) is 36.2. The van der Waals surface area contributed by atoms with Gasteiger partial charge in [-0.2, -0.15) is 0 Å². The molecule has 2 aliphatic rings. The maximum Gasteiger partial charge on any atom is 0.263 e. The van der Waals surface area contributed by atoms with Gasteiger partial charge in [0, 0.05) is 134 Å². The van der Waals surface area contributed by atoms with Crippen molar-refractivity contribution in [3.8, 4) is 22.7 Å². The van der Waals surface area contributed by atoms with Crippen LogP contribution in [-0.2, 0) is 84.2 Å². The summed E-state index contributed by atoms with van der Waals surface area (Å²) in [5.74, 6) is -7.12. The molecule has 42 heteroatoms. The van der Waals surface area contributed by atoms with Crippen molar-refractivity contribution in [2.75, 3.05) is 111 Å². The molecular weight excluding hydrogens is 2140 g/mol. The van der Waals surface area contributed by atoms with Crippen LogP contribution in [0.5, 0.6) is 0 Å². The van der Waals surface area contributed by atoms with E-state index in [1.165, 1.54) is 172 Å². The van der Waals surface area contributed by atoms with Gasteiger partial charge in [-0.25, -0.2) is 51.2 Å². The molecule has 0 spiro atoms. The van der Waals surface area contributed by atoms with E-state index >= 15 is 13.2 Å². The summed E-state index contributed by atoms with van der Waals surface area (Å²) in [5, 5.41) is 18.2. The average Bonchev–Trinajstić information content (AvgIpc) is 1.17. The minimum Gasteiger partial charge on any atom is -0.385 e. The molecule has 148 heavy (non-hydrogen) atoms. The highest BCUT2D eigenvalue weighted by Gasteiger charge is 2.29. The molecule has 772 valence electrons. The summed E-state index contributed by atoms with van der Waals surface area (Å²) in [4.78, 5) is 107. The van der Waals surface area contributed by atoms with Crippen LogP contribution in [0.3, 0.4) is 0 Å². The SMILES string of the molecule is CCCNc1ccc2c(=O)n(-c3ccc(CC(=O)CS(=O)(=O)c4ccc(Cl)s4)cc3F)ccc2c1.CN(C)CCNc1ccc2c(=O)n(-c3ccc(CC(=O)CS(=O)(=O)c4ccc(Cl)s4)cc3F)ccc2c1.O=C(Cc1ccc(-n2ccc3cc(NCC4CC4)ccc3c2=O)c(F)c1)CS(=O)(=O)c1ccc(Cl)s1.O=C(Cc1ccc(-n2ccc3cc(NCCN4CCCCC4)ccc3c2=O)c(F)c1)CS(=O)(=O)c1ccc(Cl)s1. The van der Waals surface area contributed by atoms with Gasteiger partial charge in [-0.05, 0) is 303 Å². The molecule has 0 atom stereocenters. The van der Waals surface area contributed by atoms with Gasteiger partial charge in [0.1, 0.15) is 63.1 Å². The van der Waals surface area contributed by atoms with Gasteiger partial charge in [-0.15, -0.1) is 45.3 Å². The van der Waals surface area contributed by atoms with E-state index in [0.717, 1.165) is 179 Å². The first-order chi connectivity index (χ1) is 70.6. The van der Waals surface area contributed by atoms with Crippen molar-refractivity contribution in [3.05, 3.63) is 347 Å². The van der Waals surface area contributed by atoms with Crippen molar-refractivity contribution in [2.45, 2.75) is 88.0 Å². The third-order valence-corrected chi connectivity index (χ3v) is 38.1. The van der Waals surface area contributed by atoms with Gasteiger partial charge in [0.15, 0.2) is 62.5 Å². The quantitative estimate of drug-likeness (QED) is 0.0261. The molecule has 1 aliphatic heterocycles. The Morgan fingerprint density at radius 2 is 0.628 bits per heavy atom. The number of halogens is 8. The van der Waals surface area contributed by atoms with Crippen LogP contribution >= 0.6 is 91.8 Å². The number of sulfone groups is 4. The molecule has 0 unspecified atom stereocenters. The lowest BCUT2D eigenvalue weighted by molar-refractivity contribution is -0.116. The van der Waals surface area contributed by atoms with Crippen LogP contribution < -0.4 is 43.5 Å². The number of rotatable bonds is 38. The summed E-state index contributed by atoms with van der Waals surface area (Å²) in [5.41, 5.74) is 3.64. The fraction of sp³-hybridized carbons (Fsp3) is 0.245. The van der Waals surface area contributed by atoms with Gasteiger partial charge < -0.3 is 31.1 Å². The molecule has 1 saturated carbocycles. The lowest BCUT2D eigenvalue weighted by Gasteiger charge is -2.26. The van der Waals surface area contributed by atoms with Gasteiger partial charge in [0.2, 0.25) is 0 Å². The van der Waals surface area contributed by atoms with Crippen LogP contribution in [-0.4, -0.2) is 174 Å².